The number of halogens is 1. The summed E-state index contributed by atoms with van der Waals surface area (Å²) in [6.07, 6.45) is 6.98. The van der Waals surface area contributed by atoms with Crippen molar-refractivity contribution >= 4 is 33.9 Å². The molecule has 0 atom stereocenters. The van der Waals surface area contributed by atoms with Gasteiger partial charge in [0.05, 0.1) is 5.69 Å². The van der Waals surface area contributed by atoms with Gasteiger partial charge >= 0.3 is 6.09 Å². The highest BCUT2D eigenvalue weighted by atomic mass is 32.1. The maximum absolute atomic E-state index is 13.1. The average molecular weight is 407 g/mol. The molecule has 7 heteroatoms. The Kier molecular flexibility index (Phi) is 5.67. The van der Waals surface area contributed by atoms with Crippen molar-refractivity contribution in [2.45, 2.75) is 12.8 Å². The molecule has 0 unspecified atom stereocenters. The van der Waals surface area contributed by atoms with Crippen molar-refractivity contribution < 1.29 is 13.9 Å². The zero-order chi connectivity index (χ0) is 20.1. The van der Waals surface area contributed by atoms with Gasteiger partial charge in [-0.3, -0.25) is 5.32 Å². The van der Waals surface area contributed by atoms with Gasteiger partial charge in [-0.2, -0.15) is 0 Å². The second-order valence-corrected chi connectivity index (χ2v) is 7.21. The molecule has 0 saturated carbocycles. The van der Waals surface area contributed by atoms with Gasteiger partial charge in [-0.15, -0.1) is 11.3 Å². The number of amides is 1. The lowest BCUT2D eigenvalue weighted by atomic mass is 10.2. The van der Waals surface area contributed by atoms with Gasteiger partial charge in [-0.1, -0.05) is 6.08 Å². The molecule has 4 rings (SSSR count). The Morgan fingerprint density at radius 1 is 1.03 bits per heavy atom. The summed E-state index contributed by atoms with van der Waals surface area (Å²) in [6.45, 7) is 0. The predicted octanol–water partition coefficient (Wildman–Crippen LogP) is 6.48. The number of nitrogens with one attached hydrogen (secondary N) is 2. The van der Waals surface area contributed by atoms with E-state index in [-0.39, 0.29) is 5.82 Å². The summed E-state index contributed by atoms with van der Waals surface area (Å²) in [5.74, 6) is 0.291. The van der Waals surface area contributed by atoms with E-state index in [0.717, 1.165) is 34.9 Å². The Morgan fingerprint density at radius 3 is 2.52 bits per heavy atom. The highest BCUT2D eigenvalue weighted by molar-refractivity contribution is 7.14. The molecule has 29 heavy (non-hydrogen) atoms. The zero-order valence-electron chi connectivity index (χ0n) is 15.4. The van der Waals surface area contributed by atoms with Gasteiger partial charge in [-0.05, 0) is 73.5 Å². The minimum atomic E-state index is -0.521. The third-order valence-electron chi connectivity index (χ3n) is 4.20. The molecule has 146 valence electrons. The van der Waals surface area contributed by atoms with Crippen molar-refractivity contribution in [3.05, 3.63) is 83.7 Å². The molecule has 2 aromatic carbocycles. The van der Waals surface area contributed by atoms with Crippen molar-refractivity contribution in [3.8, 4) is 11.3 Å². The van der Waals surface area contributed by atoms with Crippen LogP contribution in [0, 0.1) is 5.82 Å². The van der Waals surface area contributed by atoms with Gasteiger partial charge in [0.2, 0.25) is 0 Å². The topological polar surface area (TPSA) is 63.2 Å². The van der Waals surface area contributed by atoms with E-state index in [0.29, 0.717) is 11.4 Å². The van der Waals surface area contributed by atoms with Gasteiger partial charge in [0.1, 0.15) is 11.6 Å². The van der Waals surface area contributed by atoms with E-state index >= 15 is 0 Å². The van der Waals surface area contributed by atoms with Crippen LogP contribution in [0.3, 0.4) is 0 Å². The number of hydrogen-bond donors (Lipinski definition) is 2. The summed E-state index contributed by atoms with van der Waals surface area (Å²) in [5, 5.41) is 8.56. The lowest BCUT2D eigenvalue weighted by Gasteiger charge is -2.10. The zero-order valence-corrected chi connectivity index (χ0v) is 16.2. The predicted molar refractivity (Wildman–Crippen MR) is 114 cm³/mol. The molecule has 2 N–H and O–H groups in total. The fraction of sp³-hybridized carbons (Fsp3) is 0.0909. The third-order valence-corrected chi connectivity index (χ3v) is 4.96. The molecule has 1 amide bonds. The molecule has 0 fully saturated rings. The van der Waals surface area contributed by atoms with E-state index in [1.807, 2.05) is 29.7 Å². The first kappa shape index (κ1) is 18.9. The smallest absolute Gasteiger partial charge is 0.410 e. The number of carbonyl (C=O) groups is 1. The van der Waals surface area contributed by atoms with Crippen LogP contribution in [0.25, 0.3) is 11.3 Å². The molecule has 0 radical (unpaired) electrons. The Morgan fingerprint density at radius 2 is 1.79 bits per heavy atom. The lowest BCUT2D eigenvalue weighted by Crippen LogP contribution is -2.13. The van der Waals surface area contributed by atoms with E-state index in [9.17, 15) is 9.18 Å². The Labute approximate surface area is 171 Å². The van der Waals surface area contributed by atoms with Crippen molar-refractivity contribution in [1.82, 2.24) is 4.98 Å². The molecule has 3 aromatic rings. The Bertz CT molecular complexity index is 1060. The molecule has 1 aliphatic carbocycles. The Hall–Kier alpha value is -3.45. The average Bonchev–Trinajstić information content (AvgIpc) is 3.19. The second-order valence-electron chi connectivity index (χ2n) is 6.35. The number of benzene rings is 2. The molecular formula is C22H18FN3O2S. The summed E-state index contributed by atoms with van der Waals surface area (Å²) in [5.41, 5.74) is 3.11. The van der Waals surface area contributed by atoms with Crippen LogP contribution in [0.2, 0.25) is 0 Å². The number of ether oxygens (including phenoxy) is 1. The number of aromatic nitrogens is 1. The van der Waals surface area contributed by atoms with Crippen LogP contribution >= 0.6 is 11.3 Å². The van der Waals surface area contributed by atoms with Crippen LogP contribution in [0.5, 0.6) is 0 Å². The number of anilines is 3. The minimum absolute atomic E-state index is 0.271. The van der Waals surface area contributed by atoms with E-state index in [4.69, 9.17) is 4.74 Å². The fourth-order valence-corrected chi connectivity index (χ4v) is 3.50. The SMILES string of the molecule is O=C(Nc1ccc(Nc2nc(-c3ccc(F)cc3)cs2)cc1)OC1=CCCC=C1. The molecule has 1 aliphatic rings. The largest absolute Gasteiger partial charge is 0.417 e. The second kappa shape index (κ2) is 8.70. The van der Waals surface area contributed by atoms with Gasteiger partial charge in [-0.25, -0.2) is 14.2 Å². The first-order valence-electron chi connectivity index (χ1n) is 9.10. The molecule has 1 aromatic heterocycles. The molecule has 5 nitrogen and oxygen atoms in total. The van der Waals surface area contributed by atoms with Crippen LogP contribution in [-0.2, 0) is 4.74 Å². The normalized spacial score (nSPS) is 12.9. The first-order valence-corrected chi connectivity index (χ1v) is 9.98. The number of carbonyl (C=O) groups excluding carboxylic acids is 1. The van der Waals surface area contributed by atoms with E-state index in [1.165, 1.54) is 23.5 Å². The van der Waals surface area contributed by atoms with Gasteiger partial charge < -0.3 is 10.1 Å². The number of hydrogen-bond acceptors (Lipinski definition) is 5. The number of nitrogens with zero attached hydrogens (tertiary/aromatic N) is 1. The number of rotatable bonds is 5. The summed E-state index contributed by atoms with van der Waals surface area (Å²) < 4.78 is 18.3. The molecule has 0 bridgehead atoms. The summed E-state index contributed by atoms with van der Waals surface area (Å²) in [6, 6.07) is 13.5. The van der Waals surface area contributed by atoms with Crippen molar-refractivity contribution in [2.24, 2.45) is 0 Å². The summed E-state index contributed by atoms with van der Waals surface area (Å²) in [7, 11) is 0. The van der Waals surface area contributed by atoms with Gasteiger partial charge in [0.15, 0.2) is 5.13 Å². The van der Waals surface area contributed by atoms with Gasteiger partial charge in [0, 0.05) is 22.3 Å². The first-order chi connectivity index (χ1) is 14.2. The van der Waals surface area contributed by atoms with Crippen molar-refractivity contribution in [1.29, 1.82) is 0 Å². The van der Waals surface area contributed by atoms with E-state index in [2.05, 4.69) is 15.6 Å². The van der Waals surface area contributed by atoms with Crippen molar-refractivity contribution in [3.63, 3.8) is 0 Å². The van der Waals surface area contributed by atoms with Gasteiger partial charge in [0.25, 0.3) is 0 Å². The van der Waals surface area contributed by atoms with Crippen LogP contribution < -0.4 is 10.6 Å². The molecular weight excluding hydrogens is 389 g/mol. The number of thiazole rings is 1. The molecule has 0 saturated heterocycles. The quantitative estimate of drug-likeness (QED) is 0.508. The van der Waals surface area contributed by atoms with E-state index < -0.39 is 6.09 Å². The summed E-state index contributed by atoms with van der Waals surface area (Å²) in [4.78, 5) is 16.5. The van der Waals surface area contributed by atoms with E-state index in [1.54, 1.807) is 30.3 Å². The van der Waals surface area contributed by atoms with Crippen LogP contribution in [0.15, 0.2) is 77.9 Å². The third kappa shape index (κ3) is 5.08. The highest BCUT2D eigenvalue weighted by Gasteiger charge is 2.08. The maximum atomic E-state index is 13.1. The molecule has 0 aliphatic heterocycles. The molecule has 1 heterocycles. The standard InChI is InChI=1S/C22H18FN3O2S/c23-16-8-6-15(7-9-16)20-14-29-21(26-20)24-17-10-12-18(13-11-17)25-22(27)28-19-4-2-1-3-5-19/h2,4-14H,1,3H2,(H,24,26)(H,25,27). The van der Waals surface area contributed by atoms with Crippen LogP contribution in [-0.4, -0.2) is 11.1 Å². The molecule has 0 spiro atoms. The number of allylic oxidation sites excluding steroid dienone is 3. The summed E-state index contributed by atoms with van der Waals surface area (Å²) >= 11 is 1.46. The Balaban J connectivity index is 1.35. The van der Waals surface area contributed by atoms with Crippen molar-refractivity contribution in [2.75, 3.05) is 10.6 Å². The maximum Gasteiger partial charge on any atom is 0.417 e. The minimum Gasteiger partial charge on any atom is -0.410 e. The van der Waals surface area contributed by atoms with Crippen LogP contribution in [0.1, 0.15) is 12.8 Å². The fourth-order valence-electron chi connectivity index (χ4n) is 2.76. The highest BCUT2D eigenvalue weighted by Crippen LogP contribution is 2.27. The monoisotopic (exact) mass is 407 g/mol. The lowest BCUT2D eigenvalue weighted by molar-refractivity contribution is 0.194. The van der Waals surface area contributed by atoms with Crippen LogP contribution in [0.4, 0.5) is 25.7 Å².